The number of unbranched alkanes of at least 4 members (excludes halogenated alkanes) is 2. The molecule has 48 heavy (non-hydrogen) atoms. The van der Waals surface area contributed by atoms with Crippen LogP contribution >= 0.6 is 0 Å². The van der Waals surface area contributed by atoms with Gasteiger partial charge in [0.2, 0.25) is 5.43 Å². The third-order valence-electron chi connectivity index (χ3n) is 9.10. The van der Waals surface area contributed by atoms with Crippen LogP contribution in [0.15, 0.2) is 44.6 Å². The molecule has 0 aliphatic heterocycles. The van der Waals surface area contributed by atoms with Crippen LogP contribution in [0.4, 0.5) is 0 Å². The monoisotopic (exact) mass is 664 g/mol. The Morgan fingerprint density at radius 1 is 0.708 bits per heavy atom. The lowest BCUT2D eigenvalue weighted by molar-refractivity contribution is 0.249. The van der Waals surface area contributed by atoms with E-state index in [0.717, 1.165) is 76.1 Å². The number of hydrogen-bond acceptors (Lipinski definition) is 8. The Balaban J connectivity index is 2.11. The minimum atomic E-state index is -0.328. The molecule has 0 aliphatic rings. The van der Waals surface area contributed by atoms with E-state index < -0.39 is 0 Å². The van der Waals surface area contributed by atoms with Crippen molar-refractivity contribution in [3.8, 4) is 17.2 Å². The number of aliphatic hydroxyl groups excluding tert-OH is 1. The highest BCUT2D eigenvalue weighted by Gasteiger charge is 2.24. The Bertz CT molecular complexity index is 1590. The Morgan fingerprint density at radius 2 is 1.17 bits per heavy atom. The van der Waals surface area contributed by atoms with Gasteiger partial charge < -0.3 is 33.9 Å². The van der Waals surface area contributed by atoms with Crippen molar-refractivity contribution in [2.75, 3.05) is 52.5 Å². The van der Waals surface area contributed by atoms with Gasteiger partial charge in [0.05, 0.1) is 25.2 Å². The van der Waals surface area contributed by atoms with Crippen LogP contribution in [-0.4, -0.2) is 72.5 Å². The van der Waals surface area contributed by atoms with Crippen molar-refractivity contribution < 1.29 is 24.1 Å². The highest BCUT2D eigenvalue weighted by molar-refractivity contribution is 5.97. The summed E-state index contributed by atoms with van der Waals surface area (Å²) in [6.45, 7) is 23.5. The summed E-state index contributed by atoms with van der Waals surface area (Å²) in [5, 5.41) is 22.8. The number of aliphatic hydroxyl groups is 1. The lowest BCUT2D eigenvalue weighted by Gasteiger charge is -2.19. The van der Waals surface area contributed by atoms with Crippen LogP contribution in [-0.2, 0) is 19.4 Å². The van der Waals surface area contributed by atoms with Gasteiger partial charge in [-0.25, -0.2) is 0 Å². The maximum atomic E-state index is 14.4. The Morgan fingerprint density at radius 3 is 1.62 bits per heavy atom. The molecule has 3 aromatic rings. The molecule has 0 saturated carbocycles. The first-order valence-electron chi connectivity index (χ1n) is 18.0. The molecule has 3 rings (SSSR count). The lowest BCUT2D eigenvalue weighted by atomic mass is 9.95. The van der Waals surface area contributed by atoms with Gasteiger partial charge in [-0.2, -0.15) is 0 Å². The van der Waals surface area contributed by atoms with Crippen LogP contribution in [0.25, 0.3) is 21.9 Å². The fraction of sp³-hybridized carbons (Fsp3) is 0.575. The maximum absolute atomic E-state index is 14.4. The first kappa shape index (κ1) is 39.1. The largest absolute Gasteiger partial charge is 0.507 e. The van der Waals surface area contributed by atoms with Crippen LogP contribution < -0.4 is 14.9 Å². The van der Waals surface area contributed by atoms with E-state index in [4.69, 9.17) is 13.9 Å². The van der Waals surface area contributed by atoms with E-state index in [1.54, 1.807) is 12.1 Å². The molecule has 1 aromatic heterocycles. The van der Waals surface area contributed by atoms with E-state index in [1.165, 1.54) is 0 Å². The van der Waals surface area contributed by atoms with Gasteiger partial charge in [0.25, 0.3) is 0 Å². The summed E-state index contributed by atoms with van der Waals surface area (Å²) in [7, 11) is 0. The van der Waals surface area contributed by atoms with Crippen molar-refractivity contribution in [2.24, 2.45) is 0 Å². The molecule has 1 heterocycles. The number of allylic oxidation sites excluding steroid dienone is 4. The van der Waals surface area contributed by atoms with Crippen LogP contribution in [0.5, 0.6) is 17.2 Å². The molecule has 0 fully saturated rings. The molecule has 0 unspecified atom stereocenters. The molecular weight excluding hydrogens is 604 g/mol. The topological polar surface area (TPSA) is 95.6 Å². The van der Waals surface area contributed by atoms with E-state index in [-0.39, 0.29) is 28.8 Å². The minimum absolute atomic E-state index is 0.119. The fourth-order valence-corrected chi connectivity index (χ4v) is 6.05. The first-order valence-corrected chi connectivity index (χ1v) is 18.0. The van der Waals surface area contributed by atoms with Gasteiger partial charge in [0.1, 0.15) is 33.8 Å². The quantitative estimate of drug-likeness (QED) is 0.0669. The van der Waals surface area contributed by atoms with E-state index in [9.17, 15) is 15.0 Å². The average molecular weight is 665 g/mol. The second-order valence-electron chi connectivity index (χ2n) is 13.0. The standard InChI is InChI=1S/C40H60N2O6/c1-9-41(10-2)21-13-15-23-46-33-25-36-38(39(44)31(33)20-18-29(7)8)40(45)37-30(19-17-28(5)6)32(27-43)34(26-35(37)48-36)47-24-16-14-22-42(11-3)12-4/h17-18,25-26,43-44H,9-16,19-24,27H2,1-8H3. The van der Waals surface area contributed by atoms with Crippen molar-refractivity contribution >= 4 is 21.9 Å². The summed E-state index contributed by atoms with van der Waals surface area (Å²) in [5.41, 5.74) is 4.28. The van der Waals surface area contributed by atoms with E-state index in [1.807, 2.05) is 39.8 Å². The molecular formula is C40H60N2O6. The summed E-state index contributed by atoms with van der Waals surface area (Å²) in [6, 6.07) is 3.47. The molecule has 0 amide bonds. The lowest BCUT2D eigenvalue weighted by Crippen LogP contribution is -2.24. The minimum Gasteiger partial charge on any atom is -0.507 e. The molecule has 0 atom stereocenters. The normalized spacial score (nSPS) is 11.6. The van der Waals surface area contributed by atoms with E-state index >= 15 is 0 Å². The number of ether oxygens (including phenoxy) is 2. The van der Waals surface area contributed by atoms with Crippen LogP contribution in [0.2, 0.25) is 0 Å². The highest BCUT2D eigenvalue weighted by Crippen LogP contribution is 2.39. The number of phenolic OH excluding ortho intramolecular Hbond substituents is 1. The van der Waals surface area contributed by atoms with Crippen LogP contribution in [0, 0.1) is 0 Å². The predicted octanol–water partition coefficient (Wildman–Crippen LogP) is 8.16. The van der Waals surface area contributed by atoms with Crippen molar-refractivity contribution in [3.63, 3.8) is 0 Å². The van der Waals surface area contributed by atoms with E-state index in [0.29, 0.717) is 65.2 Å². The Kier molecular flexibility index (Phi) is 16.0. The zero-order valence-corrected chi connectivity index (χ0v) is 30.8. The van der Waals surface area contributed by atoms with Gasteiger partial charge in [-0.1, -0.05) is 51.0 Å². The number of hydrogen-bond donors (Lipinski definition) is 2. The number of phenols is 1. The summed E-state index contributed by atoms with van der Waals surface area (Å²) in [4.78, 5) is 19.1. The molecule has 2 aromatic carbocycles. The van der Waals surface area contributed by atoms with Gasteiger partial charge in [0.15, 0.2) is 0 Å². The van der Waals surface area contributed by atoms with Gasteiger partial charge in [-0.05, 0) is 111 Å². The average Bonchev–Trinajstić information content (AvgIpc) is 3.06. The fourth-order valence-electron chi connectivity index (χ4n) is 6.05. The van der Waals surface area contributed by atoms with E-state index in [2.05, 4.69) is 37.5 Å². The smallest absolute Gasteiger partial charge is 0.204 e. The van der Waals surface area contributed by atoms with Crippen LogP contribution in [0.3, 0.4) is 0 Å². The summed E-state index contributed by atoms with van der Waals surface area (Å²) < 4.78 is 19.0. The van der Waals surface area contributed by atoms with Crippen molar-refractivity contribution in [2.45, 2.75) is 101 Å². The molecule has 8 nitrogen and oxygen atoms in total. The molecule has 0 bridgehead atoms. The maximum Gasteiger partial charge on any atom is 0.204 e. The zero-order valence-electron chi connectivity index (χ0n) is 30.8. The summed E-state index contributed by atoms with van der Waals surface area (Å²) >= 11 is 0. The number of benzene rings is 2. The SMILES string of the molecule is CCN(CC)CCCCOc1cc2oc3cc(OCCCCN(CC)CC)c(CO)c(CC=C(C)C)c3c(=O)c2c(O)c1CC=C(C)C. The third-order valence-corrected chi connectivity index (χ3v) is 9.10. The highest BCUT2D eigenvalue weighted by atomic mass is 16.5. The van der Waals surface area contributed by atoms with Crippen LogP contribution in [0.1, 0.15) is 97.8 Å². The molecule has 0 radical (unpaired) electrons. The van der Waals surface area contributed by atoms with Gasteiger partial charge >= 0.3 is 0 Å². The number of rotatable bonds is 21. The molecule has 0 saturated heterocycles. The Labute approximate surface area is 288 Å². The van der Waals surface area contributed by atoms with Gasteiger partial charge in [-0.3, -0.25) is 4.79 Å². The Hall–Kier alpha value is -3.33. The van der Waals surface area contributed by atoms with Crippen molar-refractivity contribution in [1.29, 1.82) is 0 Å². The molecule has 2 N–H and O–H groups in total. The second kappa shape index (κ2) is 19.6. The van der Waals surface area contributed by atoms with Crippen molar-refractivity contribution in [1.82, 2.24) is 9.80 Å². The summed E-state index contributed by atoms with van der Waals surface area (Å²) in [5.74, 6) is 0.914. The van der Waals surface area contributed by atoms with Crippen molar-refractivity contribution in [3.05, 3.63) is 62.3 Å². The third kappa shape index (κ3) is 10.3. The summed E-state index contributed by atoms with van der Waals surface area (Å²) in [6.07, 6.45) is 8.63. The van der Waals surface area contributed by atoms with Gasteiger partial charge in [0, 0.05) is 23.3 Å². The number of aromatic hydroxyl groups is 1. The van der Waals surface area contributed by atoms with Gasteiger partial charge in [-0.15, -0.1) is 0 Å². The molecule has 0 spiro atoms. The first-order chi connectivity index (χ1) is 23.1. The number of nitrogens with zero attached hydrogens (tertiary/aromatic N) is 2. The number of fused-ring (bicyclic) bond motifs is 2. The zero-order chi connectivity index (χ0) is 35.2. The predicted molar refractivity (Wildman–Crippen MR) is 199 cm³/mol. The molecule has 8 heteroatoms. The molecule has 266 valence electrons. The molecule has 0 aliphatic carbocycles. The second-order valence-corrected chi connectivity index (χ2v) is 13.0.